The summed E-state index contributed by atoms with van der Waals surface area (Å²) in [5.41, 5.74) is -1.09. The topological polar surface area (TPSA) is 50.2 Å². The van der Waals surface area contributed by atoms with Crippen molar-refractivity contribution in [3.63, 3.8) is 0 Å². The van der Waals surface area contributed by atoms with E-state index in [2.05, 4.69) is 15.3 Å². The van der Waals surface area contributed by atoms with Crippen LogP contribution < -0.4 is 5.32 Å². The highest BCUT2D eigenvalue weighted by molar-refractivity contribution is 5.97. The van der Waals surface area contributed by atoms with Gasteiger partial charge in [0.2, 0.25) is 0 Å². The molecular weight excluding hydrogens is 309 g/mol. The minimum Gasteiger partial charge on any atom is -0.349 e. The predicted octanol–water partition coefficient (Wildman–Crippen LogP) is 2.37. The first-order valence-corrected chi connectivity index (χ1v) is 7.93. The molecule has 23 heavy (non-hydrogen) atoms. The van der Waals surface area contributed by atoms with Crippen LogP contribution in [-0.4, -0.2) is 46.8 Å². The van der Waals surface area contributed by atoms with Gasteiger partial charge in [0.05, 0.1) is 11.6 Å². The molecule has 0 aromatic carbocycles. The second-order valence-electron chi connectivity index (χ2n) is 6.56. The molecule has 2 fully saturated rings. The van der Waals surface area contributed by atoms with E-state index in [0.29, 0.717) is 12.2 Å². The van der Waals surface area contributed by atoms with Gasteiger partial charge in [-0.3, -0.25) is 9.48 Å². The van der Waals surface area contributed by atoms with Crippen molar-refractivity contribution in [1.82, 2.24) is 20.0 Å². The number of rotatable bonds is 3. The van der Waals surface area contributed by atoms with Crippen LogP contribution >= 0.6 is 0 Å². The van der Waals surface area contributed by atoms with Gasteiger partial charge in [-0.25, -0.2) is 0 Å². The molecule has 0 bridgehead atoms. The van der Waals surface area contributed by atoms with Gasteiger partial charge in [0.15, 0.2) is 5.69 Å². The number of amides is 1. The monoisotopic (exact) mass is 330 g/mol. The molecule has 2 aliphatic rings. The van der Waals surface area contributed by atoms with E-state index in [-0.39, 0.29) is 17.6 Å². The summed E-state index contributed by atoms with van der Waals surface area (Å²) in [6.45, 7) is 3.13. The first-order valence-electron chi connectivity index (χ1n) is 7.93. The Kier molecular flexibility index (Phi) is 4.12. The maximum atomic E-state index is 13.3. The molecule has 5 nitrogen and oxygen atoms in total. The van der Waals surface area contributed by atoms with E-state index >= 15 is 0 Å². The summed E-state index contributed by atoms with van der Waals surface area (Å²) in [6.07, 6.45) is -1.30. The number of carbonyl (C=O) groups is 1. The molecule has 1 saturated heterocycles. The number of likely N-dealkylation sites (tertiary alicyclic amines) is 1. The minimum atomic E-state index is -4.63. The molecule has 8 heteroatoms. The van der Waals surface area contributed by atoms with E-state index in [9.17, 15) is 18.0 Å². The predicted molar refractivity (Wildman–Crippen MR) is 78.2 cm³/mol. The number of carbonyl (C=O) groups excluding carboxylic acids is 1. The molecule has 0 radical (unpaired) electrons. The highest BCUT2D eigenvalue weighted by atomic mass is 19.4. The lowest BCUT2D eigenvalue weighted by Gasteiger charge is -2.30. The van der Waals surface area contributed by atoms with Gasteiger partial charge in [0.1, 0.15) is 0 Å². The van der Waals surface area contributed by atoms with Crippen LogP contribution in [0.3, 0.4) is 0 Å². The molecule has 1 aromatic heterocycles. The molecule has 1 aromatic rings. The quantitative estimate of drug-likeness (QED) is 0.926. The number of alkyl halides is 3. The van der Waals surface area contributed by atoms with Crippen LogP contribution in [0.5, 0.6) is 0 Å². The molecule has 128 valence electrons. The smallest absolute Gasteiger partial charge is 0.349 e. The first-order chi connectivity index (χ1) is 10.8. The lowest BCUT2D eigenvalue weighted by Crippen LogP contribution is -2.34. The molecule has 1 saturated carbocycles. The number of hydrogen-bond acceptors (Lipinski definition) is 3. The Morgan fingerprint density at radius 2 is 2.00 bits per heavy atom. The van der Waals surface area contributed by atoms with E-state index in [0.717, 1.165) is 32.2 Å². The second kappa shape index (κ2) is 5.81. The van der Waals surface area contributed by atoms with Gasteiger partial charge in [-0.1, -0.05) is 0 Å². The SMILES string of the molecule is Cc1c(C(=O)NC2CC2)c(C(F)(F)F)nn1C1CCCN(C)C1. The molecule has 1 aliphatic carbocycles. The van der Waals surface area contributed by atoms with E-state index in [4.69, 9.17) is 0 Å². The van der Waals surface area contributed by atoms with Crippen molar-refractivity contribution in [2.45, 2.75) is 50.9 Å². The van der Waals surface area contributed by atoms with Crippen LogP contribution in [0.1, 0.15) is 53.5 Å². The number of hydrogen-bond donors (Lipinski definition) is 1. The zero-order valence-corrected chi connectivity index (χ0v) is 13.3. The zero-order valence-electron chi connectivity index (χ0n) is 13.3. The van der Waals surface area contributed by atoms with E-state index < -0.39 is 17.8 Å². The van der Waals surface area contributed by atoms with Gasteiger partial charge in [0.25, 0.3) is 5.91 Å². The Morgan fingerprint density at radius 1 is 1.30 bits per heavy atom. The highest BCUT2D eigenvalue weighted by Crippen LogP contribution is 2.35. The maximum absolute atomic E-state index is 13.3. The van der Waals surface area contributed by atoms with Crippen molar-refractivity contribution >= 4 is 5.91 Å². The summed E-state index contributed by atoms with van der Waals surface area (Å²) in [6, 6.07) is -0.121. The summed E-state index contributed by atoms with van der Waals surface area (Å²) in [7, 11) is 1.94. The molecule has 1 unspecified atom stereocenters. The highest BCUT2D eigenvalue weighted by Gasteiger charge is 2.42. The third-order valence-electron chi connectivity index (χ3n) is 4.50. The number of halogens is 3. The summed E-state index contributed by atoms with van der Waals surface area (Å²) in [5.74, 6) is -0.660. The molecule has 1 N–H and O–H groups in total. The number of piperidine rings is 1. The largest absolute Gasteiger partial charge is 0.435 e. The fraction of sp³-hybridized carbons (Fsp3) is 0.733. The number of aromatic nitrogens is 2. The standard InChI is InChI=1S/C15H21F3N4O/c1-9-12(14(23)19-10-5-6-10)13(15(16,17)18)20-22(9)11-4-3-7-21(2)8-11/h10-11H,3-8H2,1-2H3,(H,19,23). The Labute approximate surface area is 132 Å². The van der Waals surface area contributed by atoms with Crippen LogP contribution in [0.4, 0.5) is 13.2 Å². The van der Waals surface area contributed by atoms with Crippen LogP contribution in [-0.2, 0) is 6.18 Å². The average Bonchev–Trinajstić information content (AvgIpc) is 3.18. The van der Waals surface area contributed by atoms with Crippen molar-refractivity contribution in [2.75, 3.05) is 20.1 Å². The van der Waals surface area contributed by atoms with Gasteiger partial charge >= 0.3 is 6.18 Å². The first kappa shape index (κ1) is 16.3. The molecular formula is C15H21F3N4O. The fourth-order valence-corrected chi connectivity index (χ4v) is 3.17. The maximum Gasteiger partial charge on any atom is 0.435 e. The lowest BCUT2D eigenvalue weighted by atomic mass is 10.1. The van der Waals surface area contributed by atoms with Crippen molar-refractivity contribution in [3.8, 4) is 0 Å². The van der Waals surface area contributed by atoms with Crippen molar-refractivity contribution in [3.05, 3.63) is 17.0 Å². The average molecular weight is 330 g/mol. The van der Waals surface area contributed by atoms with Crippen molar-refractivity contribution in [1.29, 1.82) is 0 Å². The van der Waals surface area contributed by atoms with Crippen LogP contribution in [0, 0.1) is 6.92 Å². The van der Waals surface area contributed by atoms with Gasteiger partial charge in [-0.2, -0.15) is 18.3 Å². The Balaban J connectivity index is 1.97. The number of likely N-dealkylation sites (N-methyl/N-ethyl adjacent to an activating group) is 1. The fourth-order valence-electron chi connectivity index (χ4n) is 3.17. The van der Waals surface area contributed by atoms with E-state index in [1.54, 1.807) is 6.92 Å². The summed E-state index contributed by atoms with van der Waals surface area (Å²) in [4.78, 5) is 14.3. The summed E-state index contributed by atoms with van der Waals surface area (Å²) in [5, 5.41) is 6.44. The lowest BCUT2D eigenvalue weighted by molar-refractivity contribution is -0.142. The molecule has 1 amide bonds. The Morgan fingerprint density at radius 3 is 2.57 bits per heavy atom. The van der Waals surface area contributed by atoms with Crippen LogP contribution in [0.2, 0.25) is 0 Å². The summed E-state index contributed by atoms with van der Waals surface area (Å²) < 4.78 is 41.4. The van der Waals surface area contributed by atoms with Gasteiger partial charge < -0.3 is 10.2 Å². The van der Waals surface area contributed by atoms with Gasteiger partial charge in [0, 0.05) is 18.3 Å². The minimum absolute atomic E-state index is 0.00662. The molecule has 2 heterocycles. The third-order valence-corrected chi connectivity index (χ3v) is 4.50. The molecule has 3 rings (SSSR count). The normalized spacial score (nSPS) is 23.1. The van der Waals surface area contributed by atoms with Crippen molar-refractivity contribution < 1.29 is 18.0 Å². The zero-order chi connectivity index (χ0) is 16.8. The number of nitrogens with one attached hydrogen (secondary N) is 1. The third kappa shape index (κ3) is 3.36. The van der Waals surface area contributed by atoms with Crippen molar-refractivity contribution in [2.24, 2.45) is 0 Å². The Bertz CT molecular complexity index is 607. The second-order valence-corrected chi connectivity index (χ2v) is 6.56. The van der Waals surface area contributed by atoms with E-state index in [1.165, 1.54) is 4.68 Å². The van der Waals surface area contributed by atoms with Gasteiger partial charge in [-0.15, -0.1) is 0 Å². The molecule has 0 spiro atoms. The molecule has 1 aliphatic heterocycles. The van der Waals surface area contributed by atoms with Crippen LogP contribution in [0.25, 0.3) is 0 Å². The Hall–Kier alpha value is -1.57. The van der Waals surface area contributed by atoms with Gasteiger partial charge in [-0.05, 0) is 46.2 Å². The molecule has 1 atom stereocenters. The summed E-state index contributed by atoms with van der Waals surface area (Å²) >= 11 is 0. The van der Waals surface area contributed by atoms with Crippen LogP contribution in [0.15, 0.2) is 0 Å². The van der Waals surface area contributed by atoms with E-state index in [1.807, 2.05) is 7.05 Å². The number of nitrogens with zero attached hydrogens (tertiary/aromatic N) is 3.